The fraction of sp³-hybridized carbons (Fsp3) is 0.812. The van der Waals surface area contributed by atoms with Crippen molar-refractivity contribution < 1.29 is 9.53 Å². The van der Waals surface area contributed by atoms with Crippen molar-refractivity contribution in [3.63, 3.8) is 0 Å². The molecule has 0 N–H and O–H groups in total. The molecule has 0 radical (unpaired) electrons. The van der Waals surface area contributed by atoms with Crippen molar-refractivity contribution in [2.24, 2.45) is 16.7 Å². The second kappa shape index (κ2) is 3.85. The average Bonchev–Trinajstić information content (AvgIpc) is 2.74. The first kappa shape index (κ1) is 13.6. The number of ether oxygens (including phenoxy) is 1. The number of carbonyl (C=O) groups excluding carboxylic acids is 1. The Morgan fingerprint density at radius 1 is 1.39 bits per heavy atom. The largest absolute Gasteiger partial charge is 0.455 e. The molecule has 3 atom stereocenters. The predicted octanol–water partition coefficient (Wildman–Crippen LogP) is 4.10. The number of hydrogen-bond donors (Lipinski definition) is 0. The van der Waals surface area contributed by atoms with Crippen molar-refractivity contribution >= 4 is 5.97 Å². The van der Waals surface area contributed by atoms with Crippen LogP contribution in [0.15, 0.2) is 12.2 Å². The Balaban J connectivity index is 2.42. The minimum absolute atomic E-state index is 0.0693. The van der Waals surface area contributed by atoms with E-state index >= 15 is 0 Å². The van der Waals surface area contributed by atoms with Crippen molar-refractivity contribution in [1.29, 1.82) is 0 Å². The maximum absolute atomic E-state index is 12.0. The first-order chi connectivity index (χ1) is 8.20. The molecule has 2 nitrogen and oxygen atoms in total. The fourth-order valence-electron chi connectivity index (χ4n) is 4.79. The van der Waals surface area contributed by atoms with Gasteiger partial charge in [-0.25, -0.2) is 4.79 Å². The van der Waals surface area contributed by atoms with Gasteiger partial charge in [-0.05, 0) is 38.5 Å². The SMILES string of the molecule is C=C(C)C(=O)OC1(CC)C2(C)CCC(C2)C1(C)C. The summed E-state index contributed by atoms with van der Waals surface area (Å²) in [5.74, 6) is 0.457. The summed E-state index contributed by atoms with van der Waals surface area (Å²) >= 11 is 0. The molecule has 0 aromatic rings. The number of hydrogen-bond acceptors (Lipinski definition) is 2. The minimum Gasteiger partial charge on any atom is -0.455 e. The van der Waals surface area contributed by atoms with Gasteiger partial charge < -0.3 is 4.74 Å². The van der Waals surface area contributed by atoms with Crippen LogP contribution in [-0.2, 0) is 9.53 Å². The summed E-state index contributed by atoms with van der Waals surface area (Å²) in [6.07, 6.45) is 4.54. The normalized spacial score (nSPS) is 40.8. The van der Waals surface area contributed by atoms with Gasteiger partial charge in [0, 0.05) is 16.4 Å². The molecule has 0 saturated heterocycles. The Kier molecular flexibility index (Phi) is 2.92. The van der Waals surface area contributed by atoms with Gasteiger partial charge in [0.1, 0.15) is 5.60 Å². The summed E-state index contributed by atoms with van der Waals surface area (Å²) < 4.78 is 6.02. The van der Waals surface area contributed by atoms with Gasteiger partial charge in [0.15, 0.2) is 0 Å². The molecule has 0 amide bonds. The lowest BCUT2D eigenvalue weighted by molar-refractivity contribution is -0.196. The highest BCUT2D eigenvalue weighted by Crippen LogP contribution is 2.70. The van der Waals surface area contributed by atoms with Crippen molar-refractivity contribution in [1.82, 2.24) is 0 Å². The van der Waals surface area contributed by atoms with Crippen LogP contribution >= 0.6 is 0 Å². The van der Waals surface area contributed by atoms with E-state index in [2.05, 4.69) is 34.3 Å². The lowest BCUT2D eigenvalue weighted by Gasteiger charge is -2.53. The monoisotopic (exact) mass is 250 g/mol. The van der Waals surface area contributed by atoms with Crippen LogP contribution in [0.1, 0.15) is 60.3 Å². The Bertz CT molecular complexity index is 389. The van der Waals surface area contributed by atoms with E-state index in [1.165, 1.54) is 19.3 Å². The van der Waals surface area contributed by atoms with Gasteiger partial charge in [0.05, 0.1) is 0 Å². The zero-order chi connectivity index (χ0) is 13.8. The molecule has 2 saturated carbocycles. The summed E-state index contributed by atoms with van der Waals surface area (Å²) in [6.45, 7) is 14.5. The fourth-order valence-corrected chi connectivity index (χ4v) is 4.79. The molecule has 3 unspecified atom stereocenters. The van der Waals surface area contributed by atoms with Gasteiger partial charge in [0.2, 0.25) is 0 Å². The summed E-state index contributed by atoms with van der Waals surface area (Å²) in [4.78, 5) is 12.0. The van der Waals surface area contributed by atoms with E-state index in [1.807, 2.05) is 0 Å². The van der Waals surface area contributed by atoms with Crippen LogP contribution in [0.3, 0.4) is 0 Å². The Hall–Kier alpha value is -0.790. The molecule has 2 rings (SSSR count). The van der Waals surface area contributed by atoms with Gasteiger partial charge in [-0.15, -0.1) is 0 Å². The first-order valence-electron chi connectivity index (χ1n) is 7.09. The van der Waals surface area contributed by atoms with E-state index in [1.54, 1.807) is 6.92 Å². The van der Waals surface area contributed by atoms with Crippen LogP contribution in [0.5, 0.6) is 0 Å². The molecule has 2 aliphatic rings. The maximum Gasteiger partial charge on any atom is 0.333 e. The first-order valence-corrected chi connectivity index (χ1v) is 7.09. The van der Waals surface area contributed by atoms with E-state index < -0.39 is 0 Å². The summed E-state index contributed by atoms with van der Waals surface area (Å²) in [7, 11) is 0. The third kappa shape index (κ3) is 1.44. The Labute approximate surface area is 111 Å². The molecule has 0 spiro atoms. The van der Waals surface area contributed by atoms with Crippen molar-refractivity contribution in [3.8, 4) is 0 Å². The highest BCUT2D eigenvalue weighted by molar-refractivity contribution is 5.87. The molecule has 2 bridgehead atoms. The molecule has 18 heavy (non-hydrogen) atoms. The average molecular weight is 250 g/mol. The minimum atomic E-state index is -0.320. The molecule has 102 valence electrons. The van der Waals surface area contributed by atoms with Crippen LogP contribution in [0.4, 0.5) is 0 Å². The Morgan fingerprint density at radius 3 is 2.39 bits per heavy atom. The highest BCUT2D eigenvalue weighted by Gasteiger charge is 2.70. The standard InChI is InChI=1S/C16H26O2/c1-7-16(18-13(17)11(2)3)14(4,5)12-8-9-15(16,6)10-12/h12H,2,7-10H2,1,3-6H3. The van der Waals surface area contributed by atoms with E-state index in [0.29, 0.717) is 11.5 Å². The smallest absolute Gasteiger partial charge is 0.333 e. The zero-order valence-electron chi connectivity index (χ0n) is 12.4. The van der Waals surface area contributed by atoms with Crippen LogP contribution in [0, 0.1) is 16.7 Å². The molecule has 2 heteroatoms. The zero-order valence-corrected chi connectivity index (χ0v) is 12.4. The topological polar surface area (TPSA) is 26.3 Å². The molecule has 0 aliphatic heterocycles. The van der Waals surface area contributed by atoms with Gasteiger partial charge in [-0.3, -0.25) is 0 Å². The third-order valence-corrected chi connectivity index (χ3v) is 5.89. The van der Waals surface area contributed by atoms with Crippen LogP contribution in [0.25, 0.3) is 0 Å². The van der Waals surface area contributed by atoms with Crippen LogP contribution in [0.2, 0.25) is 0 Å². The molecule has 0 heterocycles. The second-order valence-electron chi connectivity index (χ2n) is 7.07. The molecule has 2 fully saturated rings. The van der Waals surface area contributed by atoms with Gasteiger partial charge in [-0.1, -0.05) is 34.3 Å². The maximum atomic E-state index is 12.0. The molecule has 0 aromatic heterocycles. The van der Waals surface area contributed by atoms with Crippen molar-refractivity contribution in [3.05, 3.63) is 12.2 Å². The van der Waals surface area contributed by atoms with Gasteiger partial charge in [0.25, 0.3) is 0 Å². The number of esters is 1. The van der Waals surface area contributed by atoms with Gasteiger partial charge >= 0.3 is 5.97 Å². The number of fused-ring (bicyclic) bond motifs is 2. The molecule has 2 aliphatic carbocycles. The lowest BCUT2D eigenvalue weighted by atomic mass is 9.59. The van der Waals surface area contributed by atoms with Crippen molar-refractivity contribution in [2.45, 2.75) is 65.9 Å². The Morgan fingerprint density at radius 2 is 2.00 bits per heavy atom. The third-order valence-electron chi connectivity index (χ3n) is 5.89. The van der Waals surface area contributed by atoms with E-state index in [0.717, 1.165) is 6.42 Å². The summed E-state index contributed by atoms with van der Waals surface area (Å²) in [5, 5.41) is 0. The van der Waals surface area contributed by atoms with Gasteiger partial charge in [-0.2, -0.15) is 0 Å². The van der Waals surface area contributed by atoms with E-state index in [9.17, 15) is 4.79 Å². The van der Waals surface area contributed by atoms with Crippen LogP contribution in [-0.4, -0.2) is 11.6 Å². The summed E-state index contributed by atoms with van der Waals surface area (Å²) in [6, 6.07) is 0. The number of carbonyl (C=O) groups is 1. The quantitative estimate of drug-likeness (QED) is 0.557. The molecule has 0 aromatic carbocycles. The van der Waals surface area contributed by atoms with Crippen molar-refractivity contribution in [2.75, 3.05) is 0 Å². The highest BCUT2D eigenvalue weighted by atomic mass is 16.6. The second-order valence-corrected chi connectivity index (χ2v) is 7.07. The van der Waals surface area contributed by atoms with E-state index in [-0.39, 0.29) is 22.4 Å². The molecular formula is C16H26O2. The predicted molar refractivity (Wildman–Crippen MR) is 73.2 cm³/mol. The lowest BCUT2D eigenvalue weighted by Crippen LogP contribution is -2.56. The van der Waals surface area contributed by atoms with Crippen LogP contribution < -0.4 is 0 Å². The molecular weight excluding hydrogens is 224 g/mol. The van der Waals surface area contributed by atoms with E-state index in [4.69, 9.17) is 4.74 Å². The number of rotatable bonds is 3. The summed E-state index contributed by atoms with van der Waals surface area (Å²) in [5.41, 5.74) is 0.393.